The number of aryl methyl sites for hydroxylation is 2. The van der Waals surface area contributed by atoms with Crippen molar-refractivity contribution in [3.8, 4) is 5.88 Å². The first kappa shape index (κ1) is 9.64. The van der Waals surface area contributed by atoms with Gasteiger partial charge in [-0.05, 0) is 30.7 Å². The summed E-state index contributed by atoms with van der Waals surface area (Å²) in [5.41, 5.74) is 3.00. The average molecular weight is 205 g/mol. The number of aromatic nitrogens is 2. The van der Waals surface area contributed by atoms with Crippen LogP contribution in [0.4, 0.5) is 5.69 Å². The molecule has 0 N–H and O–H groups in total. The second-order valence-corrected chi connectivity index (χ2v) is 3.35. The Hall–Kier alpha value is -1.91. The number of rotatable bonds is 2. The zero-order valence-electron chi connectivity index (χ0n) is 8.81. The summed E-state index contributed by atoms with van der Waals surface area (Å²) in [6.45, 7) is 3.92. The van der Waals surface area contributed by atoms with Gasteiger partial charge in [0, 0.05) is 5.69 Å². The van der Waals surface area contributed by atoms with E-state index in [0.717, 1.165) is 11.3 Å². The molecule has 15 heavy (non-hydrogen) atoms. The van der Waals surface area contributed by atoms with Gasteiger partial charge in [0.1, 0.15) is 0 Å². The fraction of sp³-hybridized carbons (Fsp3) is 0.300. The second-order valence-electron chi connectivity index (χ2n) is 3.35. The number of fused-ring (bicyclic) bond motifs is 1. The van der Waals surface area contributed by atoms with E-state index < -0.39 is 0 Å². The van der Waals surface area contributed by atoms with Gasteiger partial charge in [-0.15, -0.1) is 10.0 Å². The minimum absolute atomic E-state index is 0.251. The van der Waals surface area contributed by atoms with E-state index in [-0.39, 0.29) is 11.6 Å². The molecule has 0 fully saturated rings. The minimum Gasteiger partial charge on any atom is -0.478 e. The van der Waals surface area contributed by atoms with E-state index in [4.69, 9.17) is 4.74 Å². The summed E-state index contributed by atoms with van der Waals surface area (Å²) in [6, 6.07) is 3.75. The summed E-state index contributed by atoms with van der Waals surface area (Å²) >= 11 is 0. The topological polar surface area (TPSA) is 56.0 Å². The molecule has 2 rings (SSSR count). The van der Waals surface area contributed by atoms with Crippen LogP contribution in [-0.2, 0) is 0 Å². The summed E-state index contributed by atoms with van der Waals surface area (Å²) in [4.78, 5) is 10.7. The number of pyridine rings is 1. The number of nitrogens with zero attached hydrogens (tertiary/aromatic N) is 3. The van der Waals surface area contributed by atoms with Crippen molar-refractivity contribution in [3.05, 3.63) is 28.3 Å². The van der Waals surface area contributed by atoms with Crippen molar-refractivity contribution in [3.63, 3.8) is 0 Å². The Morgan fingerprint density at radius 2 is 2.13 bits per heavy atom. The molecule has 2 heterocycles. The monoisotopic (exact) mass is 205 g/mol. The summed E-state index contributed by atoms with van der Waals surface area (Å²) in [5.74, 6) is 0.263. The molecule has 0 saturated carbocycles. The molecular formula is C10H11N3O2. The lowest BCUT2D eigenvalue weighted by Gasteiger charge is -2.01. The number of ether oxygens (including phenoxy) is 1. The lowest BCUT2D eigenvalue weighted by molar-refractivity contribution is 0.396. The maximum Gasteiger partial charge on any atom is 0.263 e. The van der Waals surface area contributed by atoms with Crippen LogP contribution in [0.15, 0.2) is 17.3 Å². The highest BCUT2D eigenvalue weighted by Gasteiger charge is 2.15. The fourth-order valence-corrected chi connectivity index (χ4v) is 1.52. The van der Waals surface area contributed by atoms with Gasteiger partial charge >= 0.3 is 0 Å². The zero-order valence-corrected chi connectivity index (χ0v) is 8.81. The highest BCUT2D eigenvalue weighted by atomic mass is 16.5. The molecule has 0 radical (unpaired) electrons. The lowest BCUT2D eigenvalue weighted by atomic mass is 10.2. The van der Waals surface area contributed by atoms with E-state index in [0.29, 0.717) is 5.52 Å². The maximum absolute atomic E-state index is 10.7. The average Bonchev–Trinajstić information content (AvgIpc) is 2.61. The van der Waals surface area contributed by atoms with Gasteiger partial charge in [-0.25, -0.2) is 4.52 Å². The molecule has 2 aromatic rings. The molecule has 0 aliphatic rings. The predicted octanol–water partition coefficient (Wildman–Crippen LogP) is 2.36. The van der Waals surface area contributed by atoms with Gasteiger partial charge in [-0.1, -0.05) is 6.07 Å². The van der Waals surface area contributed by atoms with Gasteiger partial charge in [0.15, 0.2) is 5.69 Å². The molecule has 0 unspecified atom stereocenters. The molecular weight excluding hydrogens is 194 g/mol. The van der Waals surface area contributed by atoms with Crippen LogP contribution >= 0.6 is 0 Å². The summed E-state index contributed by atoms with van der Waals surface area (Å²) in [6.07, 6.45) is 0. The third kappa shape index (κ3) is 1.27. The fourth-order valence-electron chi connectivity index (χ4n) is 1.52. The van der Waals surface area contributed by atoms with Gasteiger partial charge in [0.2, 0.25) is 0 Å². The molecule has 0 atom stereocenters. The molecule has 0 spiro atoms. The van der Waals surface area contributed by atoms with Gasteiger partial charge in [0.25, 0.3) is 5.88 Å². The first-order chi connectivity index (χ1) is 7.19. The summed E-state index contributed by atoms with van der Waals surface area (Å²) in [5, 5.41) is 7.10. The molecule has 0 saturated heterocycles. The van der Waals surface area contributed by atoms with E-state index in [9.17, 15) is 4.91 Å². The molecule has 5 heteroatoms. The third-order valence-corrected chi connectivity index (χ3v) is 2.53. The Bertz CT molecular complexity index is 531. The first-order valence-electron chi connectivity index (χ1n) is 4.55. The first-order valence-corrected chi connectivity index (χ1v) is 4.55. The van der Waals surface area contributed by atoms with E-state index in [2.05, 4.69) is 10.3 Å². The van der Waals surface area contributed by atoms with Crippen LogP contribution in [0, 0.1) is 18.8 Å². The smallest absolute Gasteiger partial charge is 0.263 e. The Morgan fingerprint density at radius 1 is 1.40 bits per heavy atom. The van der Waals surface area contributed by atoms with Crippen molar-refractivity contribution in [1.82, 2.24) is 9.61 Å². The zero-order chi connectivity index (χ0) is 11.0. The van der Waals surface area contributed by atoms with Gasteiger partial charge in [-0.3, -0.25) is 0 Å². The molecule has 5 nitrogen and oxygen atoms in total. The lowest BCUT2D eigenvalue weighted by Crippen LogP contribution is -1.95. The van der Waals surface area contributed by atoms with Crippen LogP contribution in [0.5, 0.6) is 5.88 Å². The van der Waals surface area contributed by atoms with Crippen molar-refractivity contribution in [2.75, 3.05) is 7.11 Å². The summed E-state index contributed by atoms with van der Waals surface area (Å²) < 4.78 is 6.66. The van der Waals surface area contributed by atoms with Crippen LogP contribution < -0.4 is 4.74 Å². The molecule has 0 amide bonds. The second kappa shape index (κ2) is 3.34. The van der Waals surface area contributed by atoms with Crippen LogP contribution in [0.25, 0.3) is 5.52 Å². The largest absolute Gasteiger partial charge is 0.478 e. The van der Waals surface area contributed by atoms with E-state index in [1.165, 1.54) is 7.11 Å². The van der Waals surface area contributed by atoms with Crippen molar-refractivity contribution >= 4 is 11.2 Å². The van der Waals surface area contributed by atoms with Crippen LogP contribution in [0.1, 0.15) is 11.3 Å². The SMILES string of the molecule is COc1nn2c(C)c(C)ccc2c1N=O. The Balaban J connectivity index is 2.87. The number of hydrogen-bond acceptors (Lipinski definition) is 4. The van der Waals surface area contributed by atoms with E-state index >= 15 is 0 Å². The highest BCUT2D eigenvalue weighted by Crippen LogP contribution is 2.32. The van der Waals surface area contributed by atoms with Crippen LogP contribution in [0.3, 0.4) is 0 Å². The predicted molar refractivity (Wildman–Crippen MR) is 56.7 cm³/mol. The van der Waals surface area contributed by atoms with Gasteiger partial charge in [0.05, 0.1) is 12.6 Å². The molecule has 0 bridgehead atoms. The van der Waals surface area contributed by atoms with Gasteiger partial charge in [-0.2, -0.15) is 0 Å². The molecule has 2 aromatic heterocycles. The maximum atomic E-state index is 10.7. The van der Waals surface area contributed by atoms with Crippen molar-refractivity contribution in [1.29, 1.82) is 0 Å². The minimum atomic E-state index is 0.251. The number of nitroso groups, excluding NO2 is 1. The molecule has 0 aromatic carbocycles. The molecule has 78 valence electrons. The third-order valence-electron chi connectivity index (χ3n) is 2.53. The number of hydrogen-bond donors (Lipinski definition) is 0. The van der Waals surface area contributed by atoms with Crippen LogP contribution in [-0.4, -0.2) is 16.7 Å². The van der Waals surface area contributed by atoms with Gasteiger partial charge < -0.3 is 4.74 Å². The quantitative estimate of drug-likeness (QED) is 0.707. The highest BCUT2D eigenvalue weighted by molar-refractivity contribution is 5.74. The van der Waals surface area contributed by atoms with E-state index in [1.54, 1.807) is 4.52 Å². The Labute approximate surface area is 86.6 Å². The summed E-state index contributed by atoms with van der Waals surface area (Å²) in [7, 11) is 1.47. The number of methoxy groups -OCH3 is 1. The molecule has 0 aliphatic heterocycles. The molecule has 0 aliphatic carbocycles. The van der Waals surface area contributed by atoms with E-state index in [1.807, 2.05) is 26.0 Å². The Kier molecular flexibility index (Phi) is 2.15. The van der Waals surface area contributed by atoms with Crippen molar-refractivity contribution in [2.24, 2.45) is 5.18 Å². The normalized spacial score (nSPS) is 10.6. The van der Waals surface area contributed by atoms with Crippen molar-refractivity contribution < 1.29 is 4.74 Å². The standard InChI is InChI=1S/C10H11N3O2/c1-6-4-5-8-9(12-14)10(15-3)11-13(8)7(6)2/h4-5H,1-3H3. The van der Waals surface area contributed by atoms with Crippen LogP contribution in [0.2, 0.25) is 0 Å². The van der Waals surface area contributed by atoms with Crippen molar-refractivity contribution in [2.45, 2.75) is 13.8 Å². The Morgan fingerprint density at radius 3 is 2.73 bits per heavy atom.